The standard InChI is InChI=1S/C8H13FO2S/c9-12(10,11)8-5-4-6-2-1-3-7(6)8/h6-8H,1-5H2. The Morgan fingerprint density at radius 3 is 2.50 bits per heavy atom. The monoisotopic (exact) mass is 192 g/mol. The van der Waals surface area contributed by atoms with E-state index in [1.165, 1.54) is 0 Å². The highest BCUT2D eigenvalue weighted by Gasteiger charge is 2.45. The van der Waals surface area contributed by atoms with Gasteiger partial charge in [-0.25, -0.2) is 0 Å². The van der Waals surface area contributed by atoms with Crippen LogP contribution in [0.15, 0.2) is 0 Å². The van der Waals surface area contributed by atoms with E-state index in [4.69, 9.17) is 0 Å². The molecule has 0 aromatic carbocycles. The summed E-state index contributed by atoms with van der Waals surface area (Å²) < 4.78 is 34.1. The second-order valence-corrected chi connectivity index (χ2v) is 5.50. The van der Waals surface area contributed by atoms with Crippen LogP contribution in [0.1, 0.15) is 32.1 Å². The third-order valence-electron chi connectivity index (χ3n) is 3.38. The summed E-state index contributed by atoms with van der Waals surface area (Å²) >= 11 is 0. The molecule has 70 valence electrons. The molecule has 0 aromatic rings. The summed E-state index contributed by atoms with van der Waals surface area (Å²) in [6.07, 6.45) is 4.57. The van der Waals surface area contributed by atoms with Gasteiger partial charge in [0.2, 0.25) is 0 Å². The fraction of sp³-hybridized carbons (Fsp3) is 1.00. The van der Waals surface area contributed by atoms with Crippen molar-refractivity contribution in [1.29, 1.82) is 0 Å². The first kappa shape index (κ1) is 8.48. The van der Waals surface area contributed by atoms with Crippen LogP contribution in [0.2, 0.25) is 0 Å². The van der Waals surface area contributed by atoms with E-state index in [1.54, 1.807) is 0 Å². The van der Waals surface area contributed by atoms with E-state index in [2.05, 4.69) is 0 Å². The molecule has 2 saturated carbocycles. The van der Waals surface area contributed by atoms with Gasteiger partial charge in [-0.15, -0.1) is 3.89 Å². The molecule has 0 bridgehead atoms. The van der Waals surface area contributed by atoms with Crippen molar-refractivity contribution in [3.8, 4) is 0 Å². The number of fused-ring (bicyclic) bond motifs is 1. The Morgan fingerprint density at radius 2 is 1.83 bits per heavy atom. The highest BCUT2D eigenvalue weighted by molar-refractivity contribution is 7.87. The SMILES string of the molecule is O=S(=O)(F)C1CCC2CCCC21. The normalized spacial score (nSPS) is 41.6. The van der Waals surface area contributed by atoms with Gasteiger partial charge >= 0.3 is 10.2 Å². The molecule has 0 amide bonds. The topological polar surface area (TPSA) is 34.1 Å². The maximum Gasteiger partial charge on any atom is 0.305 e. The maximum absolute atomic E-state index is 12.7. The van der Waals surface area contributed by atoms with Crippen LogP contribution in [0.3, 0.4) is 0 Å². The average Bonchev–Trinajstić information content (AvgIpc) is 2.37. The smallest absolute Gasteiger partial charge is 0.195 e. The Morgan fingerprint density at radius 1 is 1.08 bits per heavy atom. The van der Waals surface area contributed by atoms with E-state index in [1.807, 2.05) is 0 Å². The Balaban J connectivity index is 2.20. The fourth-order valence-corrected chi connectivity index (χ4v) is 4.05. The number of hydrogen-bond acceptors (Lipinski definition) is 2. The molecule has 3 unspecified atom stereocenters. The van der Waals surface area contributed by atoms with Crippen LogP contribution >= 0.6 is 0 Å². The average molecular weight is 192 g/mol. The van der Waals surface area contributed by atoms with E-state index in [-0.39, 0.29) is 5.92 Å². The van der Waals surface area contributed by atoms with Crippen molar-refractivity contribution in [1.82, 2.24) is 0 Å². The second-order valence-electron chi connectivity index (χ2n) is 3.95. The van der Waals surface area contributed by atoms with Gasteiger partial charge in [-0.2, -0.15) is 8.42 Å². The first-order valence-electron chi connectivity index (χ1n) is 4.52. The molecular formula is C8H13FO2S. The molecule has 0 heterocycles. The summed E-state index contributed by atoms with van der Waals surface area (Å²) in [6.45, 7) is 0. The zero-order valence-corrected chi connectivity index (χ0v) is 7.69. The van der Waals surface area contributed by atoms with Crippen LogP contribution in [-0.4, -0.2) is 13.7 Å². The van der Waals surface area contributed by atoms with Crippen molar-refractivity contribution < 1.29 is 12.3 Å². The van der Waals surface area contributed by atoms with Crippen molar-refractivity contribution in [2.45, 2.75) is 37.4 Å². The number of rotatable bonds is 1. The van der Waals surface area contributed by atoms with Gasteiger partial charge in [0.1, 0.15) is 0 Å². The molecule has 2 rings (SSSR count). The molecule has 2 nitrogen and oxygen atoms in total. The van der Waals surface area contributed by atoms with Crippen molar-refractivity contribution in [3.05, 3.63) is 0 Å². The summed E-state index contributed by atoms with van der Waals surface area (Å²) in [7, 11) is -4.26. The van der Waals surface area contributed by atoms with Crippen molar-refractivity contribution in [2.24, 2.45) is 11.8 Å². The maximum atomic E-state index is 12.7. The predicted molar refractivity (Wildman–Crippen MR) is 43.9 cm³/mol. The number of hydrogen-bond donors (Lipinski definition) is 0. The zero-order chi connectivity index (χ0) is 8.77. The minimum Gasteiger partial charge on any atom is -0.195 e. The third kappa shape index (κ3) is 1.26. The summed E-state index contributed by atoms with van der Waals surface area (Å²) in [5.74, 6) is 0.639. The Kier molecular flexibility index (Phi) is 1.90. The minimum atomic E-state index is -4.26. The lowest BCUT2D eigenvalue weighted by Gasteiger charge is -2.13. The van der Waals surface area contributed by atoms with Gasteiger partial charge in [0, 0.05) is 0 Å². The van der Waals surface area contributed by atoms with Gasteiger partial charge in [0.05, 0.1) is 5.25 Å². The lowest BCUT2D eigenvalue weighted by atomic mass is 10.0. The summed E-state index contributed by atoms with van der Waals surface area (Å²) in [6, 6.07) is 0. The second kappa shape index (κ2) is 2.69. The lowest BCUT2D eigenvalue weighted by Crippen LogP contribution is -2.22. The lowest BCUT2D eigenvalue weighted by molar-refractivity contribution is 0.440. The van der Waals surface area contributed by atoms with Crippen LogP contribution in [0.25, 0.3) is 0 Å². The first-order chi connectivity index (χ1) is 5.59. The molecule has 0 aliphatic heterocycles. The first-order valence-corrected chi connectivity index (χ1v) is 5.97. The molecule has 0 aromatic heterocycles. The predicted octanol–water partition coefficient (Wildman–Crippen LogP) is 1.86. The molecule has 2 fully saturated rings. The fourth-order valence-electron chi connectivity index (χ4n) is 2.86. The molecule has 2 aliphatic rings. The minimum absolute atomic E-state index is 0.139. The Bertz CT molecular complexity index is 273. The highest BCUT2D eigenvalue weighted by atomic mass is 32.3. The molecule has 3 atom stereocenters. The number of halogens is 1. The third-order valence-corrected chi connectivity index (χ3v) is 4.69. The Labute approximate surface area is 72.4 Å². The summed E-state index contributed by atoms with van der Waals surface area (Å²) in [5.41, 5.74) is 0. The molecule has 0 spiro atoms. The van der Waals surface area contributed by atoms with E-state index in [0.717, 1.165) is 25.7 Å². The molecule has 0 radical (unpaired) electrons. The largest absolute Gasteiger partial charge is 0.305 e. The van der Waals surface area contributed by atoms with E-state index >= 15 is 0 Å². The van der Waals surface area contributed by atoms with Crippen LogP contribution < -0.4 is 0 Å². The highest BCUT2D eigenvalue weighted by Crippen LogP contribution is 2.46. The van der Waals surface area contributed by atoms with Crippen molar-refractivity contribution in [2.75, 3.05) is 0 Å². The van der Waals surface area contributed by atoms with Gasteiger partial charge < -0.3 is 0 Å². The molecule has 4 heteroatoms. The van der Waals surface area contributed by atoms with Gasteiger partial charge in [0.25, 0.3) is 0 Å². The van der Waals surface area contributed by atoms with E-state index < -0.39 is 15.5 Å². The van der Waals surface area contributed by atoms with Crippen LogP contribution in [-0.2, 0) is 10.2 Å². The Hall–Kier alpha value is -0.120. The molecule has 0 saturated heterocycles. The molecule has 0 N–H and O–H groups in total. The van der Waals surface area contributed by atoms with Crippen LogP contribution in [0.4, 0.5) is 3.89 Å². The van der Waals surface area contributed by atoms with Gasteiger partial charge in [-0.3, -0.25) is 0 Å². The van der Waals surface area contributed by atoms with Crippen molar-refractivity contribution in [3.63, 3.8) is 0 Å². The van der Waals surface area contributed by atoms with E-state index in [0.29, 0.717) is 12.3 Å². The quantitative estimate of drug-likeness (QED) is 0.594. The molecular weight excluding hydrogens is 179 g/mol. The van der Waals surface area contributed by atoms with E-state index in [9.17, 15) is 12.3 Å². The van der Waals surface area contributed by atoms with Gasteiger partial charge in [-0.05, 0) is 31.1 Å². The molecule has 12 heavy (non-hydrogen) atoms. The van der Waals surface area contributed by atoms with Gasteiger partial charge in [-0.1, -0.05) is 12.8 Å². The van der Waals surface area contributed by atoms with Crippen molar-refractivity contribution >= 4 is 10.2 Å². The summed E-state index contributed by atoms with van der Waals surface area (Å²) in [5, 5.41) is -0.662. The van der Waals surface area contributed by atoms with Crippen LogP contribution in [0, 0.1) is 11.8 Å². The van der Waals surface area contributed by atoms with Gasteiger partial charge in [0.15, 0.2) is 0 Å². The van der Waals surface area contributed by atoms with Crippen LogP contribution in [0.5, 0.6) is 0 Å². The zero-order valence-electron chi connectivity index (χ0n) is 6.87. The molecule has 2 aliphatic carbocycles. The summed E-state index contributed by atoms with van der Waals surface area (Å²) in [4.78, 5) is 0.